The predicted molar refractivity (Wildman–Crippen MR) is 127 cm³/mol. The molecule has 2 aliphatic rings. The molecule has 0 radical (unpaired) electrons. The molecule has 4 amide bonds. The van der Waals surface area contributed by atoms with Crippen LogP contribution in [0.15, 0.2) is 72.8 Å². The lowest BCUT2D eigenvalue weighted by Crippen LogP contribution is -2.52. The molecule has 168 valence electrons. The van der Waals surface area contributed by atoms with Gasteiger partial charge in [0.05, 0.1) is 0 Å². The van der Waals surface area contributed by atoms with Crippen molar-refractivity contribution in [3.05, 3.63) is 78.4 Å². The molecule has 0 saturated carbocycles. The Morgan fingerprint density at radius 3 is 2.30 bits per heavy atom. The van der Waals surface area contributed by atoms with Gasteiger partial charge in [-0.1, -0.05) is 60.7 Å². The summed E-state index contributed by atoms with van der Waals surface area (Å²) in [6.07, 6.45) is 0. The molecule has 7 nitrogen and oxygen atoms in total. The van der Waals surface area contributed by atoms with Crippen LogP contribution >= 0.6 is 0 Å². The van der Waals surface area contributed by atoms with E-state index in [1.54, 1.807) is 11.8 Å². The van der Waals surface area contributed by atoms with E-state index in [1.165, 1.54) is 0 Å². The van der Waals surface area contributed by atoms with Crippen molar-refractivity contribution in [2.75, 3.05) is 37.6 Å². The molecule has 1 N–H and O–H groups in total. The highest BCUT2D eigenvalue weighted by molar-refractivity contribution is 6.10. The Kier molecular flexibility index (Phi) is 5.24. The van der Waals surface area contributed by atoms with E-state index >= 15 is 0 Å². The monoisotopic (exact) mass is 442 g/mol. The van der Waals surface area contributed by atoms with Crippen LogP contribution in [0.2, 0.25) is 0 Å². The van der Waals surface area contributed by atoms with E-state index in [0.717, 1.165) is 26.9 Å². The van der Waals surface area contributed by atoms with Crippen LogP contribution in [0, 0.1) is 0 Å². The van der Waals surface area contributed by atoms with Crippen molar-refractivity contribution in [1.29, 1.82) is 0 Å². The SMILES string of the molecule is C[C@]1(c2cccc3ccccc23)NC(=O)N(CC(=O)N2CCN(c3ccccc3)CC2)C1=O. The zero-order valence-corrected chi connectivity index (χ0v) is 18.5. The topological polar surface area (TPSA) is 73.0 Å². The maximum Gasteiger partial charge on any atom is 0.325 e. The van der Waals surface area contributed by atoms with Crippen LogP contribution < -0.4 is 10.2 Å². The summed E-state index contributed by atoms with van der Waals surface area (Å²) in [5.74, 6) is -0.617. The molecule has 3 aromatic carbocycles. The number of nitrogens with zero attached hydrogens (tertiary/aromatic N) is 3. The van der Waals surface area contributed by atoms with Crippen LogP contribution in [0.3, 0.4) is 0 Å². The minimum absolute atomic E-state index is 0.214. The molecule has 0 unspecified atom stereocenters. The van der Waals surface area contributed by atoms with Gasteiger partial charge >= 0.3 is 6.03 Å². The number of para-hydroxylation sites is 1. The number of rotatable bonds is 4. The first-order valence-electron chi connectivity index (χ1n) is 11.2. The van der Waals surface area contributed by atoms with Gasteiger partial charge in [-0.15, -0.1) is 0 Å². The minimum Gasteiger partial charge on any atom is -0.368 e. The number of imide groups is 1. The lowest BCUT2D eigenvalue weighted by atomic mass is 9.88. The van der Waals surface area contributed by atoms with Gasteiger partial charge in [0.25, 0.3) is 5.91 Å². The molecule has 3 aromatic rings. The van der Waals surface area contributed by atoms with Gasteiger partial charge in [0, 0.05) is 31.9 Å². The highest BCUT2D eigenvalue weighted by Crippen LogP contribution is 2.33. The molecule has 2 fully saturated rings. The average molecular weight is 443 g/mol. The van der Waals surface area contributed by atoms with Crippen LogP contribution in [-0.4, -0.2) is 60.4 Å². The number of urea groups is 1. The van der Waals surface area contributed by atoms with Gasteiger partial charge < -0.3 is 15.1 Å². The Balaban J connectivity index is 1.29. The highest BCUT2D eigenvalue weighted by Gasteiger charge is 2.50. The minimum atomic E-state index is -1.22. The fraction of sp³-hybridized carbons (Fsp3) is 0.269. The van der Waals surface area contributed by atoms with Gasteiger partial charge in [0.2, 0.25) is 5.91 Å². The number of fused-ring (bicyclic) bond motifs is 1. The van der Waals surface area contributed by atoms with Crippen LogP contribution in [-0.2, 0) is 15.1 Å². The number of piperazine rings is 1. The Morgan fingerprint density at radius 2 is 1.55 bits per heavy atom. The summed E-state index contributed by atoms with van der Waals surface area (Å²) in [5, 5.41) is 4.73. The van der Waals surface area contributed by atoms with E-state index in [4.69, 9.17) is 0 Å². The van der Waals surface area contributed by atoms with Crippen molar-refractivity contribution in [2.45, 2.75) is 12.5 Å². The van der Waals surface area contributed by atoms with E-state index in [2.05, 4.69) is 22.3 Å². The highest BCUT2D eigenvalue weighted by atomic mass is 16.2. The first kappa shape index (κ1) is 21.0. The van der Waals surface area contributed by atoms with Crippen molar-refractivity contribution in [3.8, 4) is 0 Å². The van der Waals surface area contributed by atoms with Crippen molar-refractivity contribution in [1.82, 2.24) is 15.1 Å². The van der Waals surface area contributed by atoms with Crippen LogP contribution in [0.25, 0.3) is 10.8 Å². The second-order valence-electron chi connectivity index (χ2n) is 8.68. The normalized spacial score (nSPS) is 20.9. The third-order valence-electron chi connectivity index (χ3n) is 6.65. The van der Waals surface area contributed by atoms with Gasteiger partial charge in [-0.2, -0.15) is 0 Å². The van der Waals surface area contributed by atoms with Gasteiger partial charge in [-0.25, -0.2) is 4.79 Å². The maximum absolute atomic E-state index is 13.4. The lowest BCUT2D eigenvalue weighted by molar-refractivity contribution is -0.139. The lowest BCUT2D eigenvalue weighted by Gasteiger charge is -2.36. The number of hydrogen-bond acceptors (Lipinski definition) is 4. The molecule has 7 heteroatoms. The van der Waals surface area contributed by atoms with Gasteiger partial charge in [-0.05, 0) is 35.4 Å². The van der Waals surface area contributed by atoms with Crippen molar-refractivity contribution < 1.29 is 14.4 Å². The van der Waals surface area contributed by atoms with Crippen LogP contribution in [0.5, 0.6) is 0 Å². The first-order valence-corrected chi connectivity index (χ1v) is 11.2. The van der Waals surface area contributed by atoms with E-state index in [-0.39, 0.29) is 12.5 Å². The quantitative estimate of drug-likeness (QED) is 0.631. The molecule has 0 spiro atoms. The molecule has 5 rings (SSSR count). The Morgan fingerprint density at radius 1 is 0.879 bits per heavy atom. The van der Waals surface area contributed by atoms with Gasteiger partial charge in [0.15, 0.2) is 0 Å². The third-order valence-corrected chi connectivity index (χ3v) is 6.65. The molecule has 2 heterocycles. The third kappa shape index (κ3) is 3.69. The number of benzene rings is 3. The molecular formula is C26H26N4O3. The van der Waals surface area contributed by atoms with Crippen molar-refractivity contribution in [3.63, 3.8) is 0 Å². The largest absolute Gasteiger partial charge is 0.368 e. The zero-order chi connectivity index (χ0) is 23.0. The standard InChI is InChI=1S/C26H26N4O3/c1-26(22-13-7-9-19-8-5-6-12-21(19)22)24(32)30(25(33)27-26)18-23(31)29-16-14-28(15-17-29)20-10-3-2-4-11-20/h2-13H,14-18H2,1H3,(H,27,33)/t26-/m1/s1. The van der Waals surface area contributed by atoms with E-state index in [1.807, 2.05) is 60.7 Å². The summed E-state index contributed by atoms with van der Waals surface area (Å²) >= 11 is 0. The summed E-state index contributed by atoms with van der Waals surface area (Å²) in [6, 6.07) is 23.0. The molecule has 0 aliphatic carbocycles. The van der Waals surface area contributed by atoms with Gasteiger partial charge in [0.1, 0.15) is 12.1 Å². The van der Waals surface area contributed by atoms with Crippen LogP contribution in [0.1, 0.15) is 12.5 Å². The summed E-state index contributed by atoms with van der Waals surface area (Å²) in [5.41, 5.74) is 0.638. The second kappa shape index (κ2) is 8.24. The Labute approximate surface area is 192 Å². The van der Waals surface area contributed by atoms with Crippen molar-refractivity contribution in [2.24, 2.45) is 0 Å². The molecule has 33 heavy (non-hydrogen) atoms. The first-order chi connectivity index (χ1) is 16.0. The summed E-state index contributed by atoms with van der Waals surface area (Å²) in [6.45, 7) is 3.98. The molecule has 2 saturated heterocycles. The molecule has 2 aliphatic heterocycles. The predicted octanol–water partition coefficient (Wildman–Crippen LogP) is 2.96. The number of carbonyl (C=O) groups is 3. The average Bonchev–Trinajstić information content (AvgIpc) is 3.08. The smallest absolute Gasteiger partial charge is 0.325 e. The van der Waals surface area contributed by atoms with E-state index in [9.17, 15) is 14.4 Å². The zero-order valence-electron chi connectivity index (χ0n) is 18.5. The van der Waals surface area contributed by atoms with Gasteiger partial charge in [-0.3, -0.25) is 14.5 Å². The Hall–Kier alpha value is -3.87. The fourth-order valence-corrected chi connectivity index (χ4v) is 4.77. The number of carbonyl (C=O) groups excluding carboxylic acids is 3. The number of amides is 4. The van der Waals surface area contributed by atoms with Crippen molar-refractivity contribution >= 4 is 34.3 Å². The molecule has 0 bridgehead atoms. The van der Waals surface area contributed by atoms with E-state index in [0.29, 0.717) is 26.2 Å². The molecular weight excluding hydrogens is 416 g/mol. The fourth-order valence-electron chi connectivity index (χ4n) is 4.77. The number of anilines is 1. The molecule has 1 atom stereocenters. The maximum atomic E-state index is 13.4. The second-order valence-corrected chi connectivity index (χ2v) is 8.68. The van der Waals surface area contributed by atoms with Crippen LogP contribution in [0.4, 0.5) is 10.5 Å². The summed E-state index contributed by atoms with van der Waals surface area (Å²) in [4.78, 5) is 44.2. The number of nitrogens with one attached hydrogen (secondary N) is 1. The Bertz CT molecular complexity index is 1220. The number of hydrogen-bond donors (Lipinski definition) is 1. The van der Waals surface area contributed by atoms with E-state index < -0.39 is 17.5 Å². The molecule has 0 aromatic heterocycles. The summed E-state index contributed by atoms with van der Waals surface area (Å²) in [7, 11) is 0. The summed E-state index contributed by atoms with van der Waals surface area (Å²) < 4.78 is 0.